The average Bonchev–Trinajstić information content (AvgIpc) is 3.25. The quantitative estimate of drug-likeness (QED) is 0.454. The second kappa shape index (κ2) is 8.79. The molecule has 2 nitrogen and oxygen atoms in total. The van der Waals surface area contributed by atoms with Crippen LogP contribution >= 0.6 is 19.7 Å². The van der Waals surface area contributed by atoms with Gasteiger partial charge in [-0.05, 0) is 71.6 Å². The number of benzene rings is 3. The molecule has 3 fully saturated rings. The normalized spacial score (nSPS) is 29.4. The summed E-state index contributed by atoms with van der Waals surface area (Å²) < 4.78 is 7.00. The minimum atomic E-state index is -0.758. The van der Waals surface area contributed by atoms with E-state index in [2.05, 4.69) is 92.7 Å². The number of hydrogen-bond acceptors (Lipinski definition) is 3. The molecule has 0 aromatic heterocycles. The van der Waals surface area contributed by atoms with Crippen LogP contribution in [-0.2, 0) is 11.3 Å². The number of fused-ring (bicyclic) bond motifs is 1. The molecule has 4 atom stereocenters. The third-order valence-corrected chi connectivity index (χ3v) is 12.8. The smallest absolute Gasteiger partial charge is 0.129 e. The third-order valence-electron chi connectivity index (χ3n) is 8.94. The van der Waals surface area contributed by atoms with Crippen molar-refractivity contribution in [1.82, 2.24) is 0 Å². The highest BCUT2D eigenvalue weighted by molar-refractivity contribution is 7.99. The lowest BCUT2D eigenvalue weighted by molar-refractivity contribution is -0.0667. The zero-order chi connectivity index (χ0) is 23.3. The number of hydrogen-bond donors (Lipinski definition) is 1. The molecule has 1 spiro atoms. The number of aliphatic hydroxyl groups excluding tert-OH is 1. The van der Waals surface area contributed by atoms with Crippen LogP contribution in [0.3, 0.4) is 0 Å². The first-order valence-corrected chi connectivity index (χ1v) is 14.8. The Hall–Kier alpha value is -1.64. The largest absolute Gasteiger partial charge is 0.392 e. The van der Waals surface area contributed by atoms with E-state index in [9.17, 15) is 5.11 Å². The highest BCUT2D eigenvalue weighted by Crippen LogP contribution is 2.70. The molecule has 4 heteroatoms. The topological polar surface area (TPSA) is 29.5 Å². The van der Waals surface area contributed by atoms with Crippen LogP contribution in [0.5, 0.6) is 0 Å². The third kappa shape index (κ3) is 3.51. The predicted octanol–water partition coefficient (Wildman–Crippen LogP) is 5.89. The van der Waals surface area contributed by atoms with Crippen molar-refractivity contribution in [3.05, 3.63) is 90.0 Å². The summed E-state index contributed by atoms with van der Waals surface area (Å²) in [5.41, 5.74) is 3.01. The molecular weight excluding hydrogens is 455 g/mol. The number of ether oxygens (including phenoxy) is 1. The van der Waals surface area contributed by atoms with E-state index in [0.29, 0.717) is 16.9 Å². The van der Waals surface area contributed by atoms with Gasteiger partial charge in [-0.1, -0.05) is 86.6 Å². The molecule has 0 unspecified atom stereocenters. The summed E-state index contributed by atoms with van der Waals surface area (Å²) in [7, 11) is -0.758. The van der Waals surface area contributed by atoms with Crippen LogP contribution in [0.4, 0.5) is 0 Å². The molecule has 6 rings (SSSR count). The van der Waals surface area contributed by atoms with Crippen LogP contribution in [0.25, 0.3) is 0 Å². The zero-order valence-electron chi connectivity index (χ0n) is 20.0. The Kier molecular flexibility index (Phi) is 5.89. The van der Waals surface area contributed by atoms with Crippen LogP contribution in [0.2, 0.25) is 0 Å². The lowest BCUT2D eigenvalue weighted by Crippen LogP contribution is -2.46. The molecule has 3 aromatic rings. The van der Waals surface area contributed by atoms with Crippen molar-refractivity contribution in [2.24, 2.45) is 16.7 Å². The number of aliphatic hydroxyl groups is 1. The Morgan fingerprint density at radius 1 is 0.971 bits per heavy atom. The van der Waals surface area contributed by atoms with Crippen molar-refractivity contribution >= 4 is 35.6 Å². The van der Waals surface area contributed by atoms with Crippen molar-refractivity contribution in [2.45, 2.75) is 51.3 Å². The Morgan fingerprint density at radius 2 is 1.65 bits per heavy atom. The van der Waals surface area contributed by atoms with Gasteiger partial charge in [-0.3, -0.25) is 0 Å². The van der Waals surface area contributed by atoms with E-state index in [0.717, 1.165) is 11.5 Å². The molecule has 1 saturated heterocycles. The van der Waals surface area contributed by atoms with Gasteiger partial charge in [0.2, 0.25) is 0 Å². The minimum Gasteiger partial charge on any atom is -0.392 e. The van der Waals surface area contributed by atoms with E-state index in [4.69, 9.17) is 4.74 Å². The second-order valence-electron chi connectivity index (χ2n) is 10.7. The molecule has 176 valence electrons. The molecule has 2 bridgehead atoms. The van der Waals surface area contributed by atoms with Crippen molar-refractivity contribution in [3.63, 3.8) is 0 Å². The van der Waals surface area contributed by atoms with Gasteiger partial charge in [0, 0.05) is 11.2 Å². The van der Waals surface area contributed by atoms with E-state index in [1.165, 1.54) is 46.5 Å². The Bertz CT molecular complexity index is 1130. The van der Waals surface area contributed by atoms with Crippen LogP contribution in [0.1, 0.15) is 49.7 Å². The fourth-order valence-corrected chi connectivity index (χ4v) is 11.1. The van der Waals surface area contributed by atoms with Crippen LogP contribution in [0, 0.1) is 16.7 Å². The van der Waals surface area contributed by atoms with Gasteiger partial charge in [-0.15, -0.1) is 11.8 Å². The molecule has 0 radical (unpaired) electrons. The van der Waals surface area contributed by atoms with Crippen LogP contribution in [0.15, 0.2) is 78.9 Å². The van der Waals surface area contributed by atoms with Gasteiger partial charge in [0.1, 0.15) is 5.44 Å². The molecule has 2 aliphatic carbocycles. The summed E-state index contributed by atoms with van der Waals surface area (Å²) in [4.78, 5) is 0. The summed E-state index contributed by atoms with van der Waals surface area (Å²) in [6, 6.07) is 28.3. The van der Waals surface area contributed by atoms with Gasteiger partial charge in [-0.25, -0.2) is 0 Å². The lowest BCUT2D eigenvalue weighted by Gasteiger charge is -2.47. The highest BCUT2D eigenvalue weighted by Gasteiger charge is 2.66. The van der Waals surface area contributed by atoms with E-state index in [-0.39, 0.29) is 12.0 Å². The second-order valence-corrected chi connectivity index (χ2v) is 13.9. The Labute approximate surface area is 208 Å². The van der Waals surface area contributed by atoms with Gasteiger partial charge < -0.3 is 9.84 Å². The molecule has 3 aliphatic rings. The molecule has 1 heterocycles. The SMILES string of the molecule is CC1(C)[C@@H]2CC[C@]13CS[C@H](c1ccc(CO)cc1P(c1ccccc1)c1ccccc1)O[C@@H]3C2. The molecule has 34 heavy (non-hydrogen) atoms. The highest BCUT2D eigenvalue weighted by atomic mass is 32.2. The molecular formula is C30H33O2PS. The number of rotatable bonds is 5. The fraction of sp³-hybridized carbons (Fsp3) is 0.400. The predicted molar refractivity (Wildman–Crippen MR) is 145 cm³/mol. The van der Waals surface area contributed by atoms with Gasteiger partial charge >= 0.3 is 0 Å². The molecule has 1 aliphatic heterocycles. The van der Waals surface area contributed by atoms with Crippen LogP contribution in [-0.4, -0.2) is 17.0 Å². The van der Waals surface area contributed by atoms with Crippen LogP contribution < -0.4 is 15.9 Å². The monoisotopic (exact) mass is 488 g/mol. The van der Waals surface area contributed by atoms with Crippen molar-refractivity contribution in [1.29, 1.82) is 0 Å². The fourth-order valence-electron chi connectivity index (χ4n) is 6.77. The van der Waals surface area contributed by atoms with Gasteiger partial charge in [0.05, 0.1) is 12.7 Å². The lowest BCUT2D eigenvalue weighted by atomic mass is 9.69. The van der Waals surface area contributed by atoms with E-state index < -0.39 is 7.92 Å². The standard InChI is InChI=1S/C30H33O2PS/c1-29(2)22-15-16-30(29)20-34-28(32-27(30)18-22)25-14-13-21(19-31)17-26(25)33(23-9-5-3-6-10-23)24-11-7-4-8-12-24/h3-14,17,22,27-28,31H,15-16,18-20H2,1-2H3/t22-,27-,28-,30-/m1/s1. The summed E-state index contributed by atoms with van der Waals surface area (Å²) in [6.45, 7) is 5.03. The zero-order valence-corrected chi connectivity index (χ0v) is 21.7. The summed E-state index contributed by atoms with van der Waals surface area (Å²) >= 11 is 2.01. The molecule has 1 N–H and O–H groups in total. The maximum Gasteiger partial charge on any atom is 0.129 e. The maximum absolute atomic E-state index is 10.0. The number of thioether (sulfide) groups is 1. The average molecular weight is 489 g/mol. The van der Waals surface area contributed by atoms with Gasteiger partial charge in [0.25, 0.3) is 0 Å². The van der Waals surface area contributed by atoms with Crippen molar-refractivity contribution < 1.29 is 9.84 Å². The summed E-state index contributed by atoms with van der Waals surface area (Å²) in [5.74, 6) is 1.97. The Balaban J connectivity index is 1.43. The molecule has 2 saturated carbocycles. The molecule has 3 aromatic carbocycles. The van der Waals surface area contributed by atoms with Gasteiger partial charge in [-0.2, -0.15) is 0 Å². The van der Waals surface area contributed by atoms with Gasteiger partial charge in [0.15, 0.2) is 0 Å². The molecule has 0 amide bonds. The summed E-state index contributed by atoms with van der Waals surface area (Å²) in [6.07, 6.45) is 4.24. The summed E-state index contributed by atoms with van der Waals surface area (Å²) in [5, 5.41) is 14.0. The van der Waals surface area contributed by atoms with E-state index in [1.54, 1.807) is 0 Å². The Morgan fingerprint density at radius 3 is 2.26 bits per heavy atom. The van der Waals surface area contributed by atoms with Crippen molar-refractivity contribution in [2.75, 3.05) is 5.75 Å². The minimum absolute atomic E-state index is 0.0472. The maximum atomic E-state index is 10.0. The first kappa shape index (κ1) is 22.8. The van der Waals surface area contributed by atoms with Crippen molar-refractivity contribution in [3.8, 4) is 0 Å². The first-order valence-electron chi connectivity index (χ1n) is 12.4. The van der Waals surface area contributed by atoms with E-state index >= 15 is 0 Å². The van der Waals surface area contributed by atoms with E-state index in [1.807, 2.05) is 11.8 Å². The first-order chi connectivity index (χ1) is 16.5.